The van der Waals surface area contributed by atoms with Gasteiger partial charge in [0.1, 0.15) is 0 Å². The van der Waals surface area contributed by atoms with Crippen molar-refractivity contribution in [1.29, 1.82) is 0 Å². The first kappa shape index (κ1) is 18.3. The second-order valence-corrected chi connectivity index (χ2v) is 11.6. The zero-order valence-corrected chi connectivity index (χ0v) is 20.6. The third kappa shape index (κ3) is 2.18. The van der Waals surface area contributed by atoms with Gasteiger partial charge in [0, 0.05) is 32.6 Å². The quantitative estimate of drug-likeness (QED) is 0.226. The summed E-state index contributed by atoms with van der Waals surface area (Å²) >= 11 is 8.22. The molecule has 154 valence electrons. The third-order valence-electron chi connectivity index (χ3n) is 8.46. The molecule has 8 rings (SSSR count). The van der Waals surface area contributed by atoms with Crippen molar-refractivity contribution in [2.24, 2.45) is 0 Å². The molecule has 4 aliphatic carbocycles. The van der Waals surface area contributed by atoms with Gasteiger partial charge < -0.3 is 0 Å². The number of benzene rings is 4. The Balaban J connectivity index is 1.29. The molecule has 4 bridgehead atoms. The summed E-state index contributed by atoms with van der Waals surface area (Å²) in [6.45, 7) is 0. The van der Waals surface area contributed by atoms with E-state index in [0.717, 1.165) is 0 Å². The van der Waals surface area contributed by atoms with Gasteiger partial charge in [0.05, 0.1) is 0 Å². The van der Waals surface area contributed by atoms with Crippen molar-refractivity contribution in [3.63, 3.8) is 0 Å². The maximum absolute atomic E-state index is 4.11. The number of hydrogen-bond acceptors (Lipinski definition) is 0. The third-order valence-corrected chi connectivity index (χ3v) is 10.4. The van der Waals surface area contributed by atoms with Gasteiger partial charge in [0.2, 0.25) is 0 Å². The predicted molar refractivity (Wildman–Crippen MR) is 140 cm³/mol. The predicted octanol–water partition coefficient (Wildman–Crippen LogP) is 9.16. The second kappa shape index (κ2) is 6.24. The Hall–Kier alpha value is -2.16. The fourth-order valence-corrected chi connectivity index (χ4v) is 8.95. The molecule has 4 aromatic rings. The fraction of sp³-hybridized carbons (Fsp3) is 0.200. The molecule has 0 spiro atoms. The van der Waals surface area contributed by atoms with Crippen LogP contribution in [0.15, 0.2) is 92.9 Å². The first-order valence-electron chi connectivity index (χ1n) is 11.5. The van der Waals surface area contributed by atoms with E-state index >= 15 is 0 Å². The van der Waals surface area contributed by atoms with Crippen molar-refractivity contribution in [2.45, 2.75) is 36.5 Å². The van der Waals surface area contributed by atoms with Gasteiger partial charge >= 0.3 is 0 Å². The van der Waals surface area contributed by atoms with Crippen molar-refractivity contribution in [3.05, 3.63) is 115 Å². The molecule has 0 unspecified atom stereocenters. The molecule has 0 saturated carbocycles. The van der Waals surface area contributed by atoms with Crippen molar-refractivity contribution >= 4 is 53.4 Å². The Kier molecular flexibility index (Phi) is 3.57. The highest BCUT2D eigenvalue weighted by molar-refractivity contribution is 9.12. The van der Waals surface area contributed by atoms with Crippen LogP contribution in [0.3, 0.4) is 0 Å². The lowest BCUT2D eigenvalue weighted by Crippen LogP contribution is -2.10. The number of rotatable bonds is 1. The van der Waals surface area contributed by atoms with Crippen LogP contribution < -0.4 is 0 Å². The average molecular weight is 540 g/mol. The van der Waals surface area contributed by atoms with E-state index in [9.17, 15) is 0 Å². The van der Waals surface area contributed by atoms with Gasteiger partial charge in [-0.15, -0.1) is 0 Å². The molecule has 0 nitrogen and oxygen atoms in total. The summed E-state index contributed by atoms with van der Waals surface area (Å²) in [7, 11) is 0. The SMILES string of the molecule is BrC1=C(C2=C(Br)[C@@H]3C[C@H]2c2cc4ccccc4cc23)[C@H]2C[C@@H]1c1cc3ccccc3cc12. The van der Waals surface area contributed by atoms with Crippen LogP contribution >= 0.6 is 31.9 Å². The molecule has 0 amide bonds. The molecular weight excluding hydrogens is 520 g/mol. The highest BCUT2D eigenvalue weighted by Gasteiger charge is 2.50. The van der Waals surface area contributed by atoms with Crippen LogP contribution in [0.1, 0.15) is 58.8 Å². The van der Waals surface area contributed by atoms with Crippen molar-refractivity contribution in [2.75, 3.05) is 0 Å². The zero-order valence-electron chi connectivity index (χ0n) is 17.4. The van der Waals surface area contributed by atoms with E-state index in [1.807, 2.05) is 0 Å². The lowest BCUT2D eigenvalue weighted by molar-refractivity contribution is 0.755. The molecule has 2 heteroatoms. The van der Waals surface area contributed by atoms with Crippen LogP contribution in [-0.2, 0) is 0 Å². The van der Waals surface area contributed by atoms with E-state index in [-0.39, 0.29) is 0 Å². The molecule has 32 heavy (non-hydrogen) atoms. The highest BCUT2D eigenvalue weighted by atomic mass is 79.9. The lowest BCUT2D eigenvalue weighted by Gasteiger charge is -2.28. The Morgan fingerprint density at radius 1 is 0.469 bits per heavy atom. The molecule has 4 atom stereocenters. The van der Waals surface area contributed by atoms with Gasteiger partial charge in [-0.1, -0.05) is 105 Å². The molecule has 0 saturated heterocycles. The second-order valence-electron chi connectivity index (χ2n) is 9.86. The topological polar surface area (TPSA) is 0 Å². The Morgan fingerprint density at radius 3 is 1.12 bits per heavy atom. The molecule has 0 N–H and O–H groups in total. The van der Waals surface area contributed by atoms with Crippen molar-refractivity contribution < 1.29 is 0 Å². The van der Waals surface area contributed by atoms with Crippen LogP contribution in [0.2, 0.25) is 0 Å². The number of hydrogen-bond donors (Lipinski definition) is 0. The van der Waals surface area contributed by atoms with Gasteiger partial charge in [0.25, 0.3) is 0 Å². The minimum Gasteiger partial charge on any atom is -0.0616 e. The van der Waals surface area contributed by atoms with Crippen molar-refractivity contribution in [3.8, 4) is 0 Å². The largest absolute Gasteiger partial charge is 0.0616 e. The van der Waals surface area contributed by atoms with Crippen LogP contribution in [-0.4, -0.2) is 0 Å². The van der Waals surface area contributed by atoms with Crippen LogP contribution in [0, 0.1) is 0 Å². The normalized spacial score (nSPS) is 27.2. The summed E-state index contributed by atoms with van der Waals surface area (Å²) < 4.78 is 2.87. The van der Waals surface area contributed by atoms with Gasteiger partial charge in [-0.3, -0.25) is 0 Å². The molecular formula is C30H20Br2. The molecule has 0 radical (unpaired) electrons. The molecule has 4 aliphatic rings. The fourth-order valence-electron chi connectivity index (χ4n) is 7.11. The first-order chi connectivity index (χ1) is 15.7. The number of fused-ring (bicyclic) bond motifs is 12. The minimum absolute atomic E-state index is 0.512. The zero-order chi connectivity index (χ0) is 21.1. The summed E-state index contributed by atoms with van der Waals surface area (Å²) in [6.07, 6.45) is 2.43. The standard InChI is InChI=1S/C30H20Br2/c31-29-25-13-23(19-9-15-5-1-3-7-17(15)11-21(19)25)27(29)28-24-14-26(30(28)32)22-12-18-8-4-2-6-16(18)10-20(22)24/h1-12,23-26H,13-14H2/t23-,24-,25+,26+/m0/s1. The van der Waals surface area contributed by atoms with E-state index in [1.54, 1.807) is 22.3 Å². The maximum atomic E-state index is 4.11. The number of halogens is 2. The van der Waals surface area contributed by atoms with Crippen LogP contribution in [0.5, 0.6) is 0 Å². The van der Waals surface area contributed by atoms with E-state index in [2.05, 4.69) is 105 Å². The van der Waals surface area contributed by atoms with Crippen LogP contribution in [0.4, 0.5) is 0 Å². The molecule has 0 aromatic heterocycles. The summed E-state index contributed by atoms with van der Waals surface area (Å²) in [5.41, 5.74) is 9.35. The van der Waals surface area contributed by atoms with E-state index in [1.165, 1.54) is 54.5 Å². The van der Waals surface area contributed by atoms with Crippen molar-refractivity contribution in [1.82, 2.24) is 0 Å². The summed E-state index contributed by atoms with van der Waals surface area (Å²) in [5.74, 6) is 2.05. The Labute approximate surface area is 204 Å². The van der Waals surface area contributed by atoms with E-state index < -0.39 is 0 Å². The molecule has 0 heterocycles. The first-order valence-corrected chi connectivity index (χ1v) is 13.1. The summed E-state index contributed by atoms with van der Waals surface area (Å²) in [4.78, 5) is 0. The molecule has 0 aliphatic heterocycles. The molecule has 4 aromatic carbocycles. The van der Waals surface area contributed by atoms with Gasteiger partial charge in [-0.2, -0.15) is 0 Å². The van der Waals surface area contributed by atoms with Gasteiger partial charge in [-0.05, 0) is 67.8 Å². The lowest BCUT2D eigenvalue weighted by atomic mass is 9.79. The van der Waals surface area contributed by atoms with Gasteiger partial charge in [0.15, 0.2) is 0 Å². The Morgan fingerprint density at radius 2 is 0.781 bits per heavy atom. The van der Waals surface area contributed by atoms with Gasteiger partial charge in [-0.25, -0.2) is 0 Å². The number of allylic oxidation sites excluding steroid dienone is 4. The smallest absolute Gasteiger partial charge is 0.0171 e. The van der Waals surface area contributed by atoms with Crippen LogP contribution in [0.25, 0.3) is 21.5 Å². The van der Waals surface area contributed by atoms with E-state index in [0.29, 0.717) is 23.7 Å². The minimum atomic E-state index is 0.512. The summed E-state index contributed by atoms with van der Waals surface area (Å²) in [5, 5.41) is 5.46. The monoisotopic (exact) mass is 538 g/mol. The average Bonchev–Trinajstić information content (AvgIpc) is 3.54. The highest BCUT2D eigenvalue weighted by Crippen LogP contribution is 2.67. The van der Waals surface area contributed by atoms with E-state index in [4.69, 9.17) is 0 Å². The maximum Gasteiger partial charge on any atom is 0.0171 e. The molecule has 0 fully saturated rings. The Bertz CT molecular complexity index is 1450. The summed E-state index contributed by atoms with van der Waals surface area (Å²) in [6, 6.07) is 27.5.